The Labute approximate surface area is 181 Å². The number of anilines is 3. The van der Waals surface area contributed by atoms with Crippen molar-refractivity contribution in [3.05, 3.63) is 46.6 Å². The Hall–Kier alpha value is -2.39. The van der Waals surface area contributed by atoms with Gasteiger partial charge < -0.3 is 32.7 Å². The Kier molecular flexibility index (Phi) is 12.0. The van der Waals surface area contributed by atoms with Gasteiger partial charge in [-0.05, 0) is 63.2 Å². The molecule has 3 rings (SSSR count). The summed E-state index contributed by atoms with van der Waals surface area (Å²) in [6.45, 7) is 8.98. The van der Waals surface area contributed by atoms with E-state index in [9.17, 15) is 0 Å². The summed E-state index contributed by atoms with van der Waals surface area (Å²) in [4.78, 5) is 8.71. The Balaban J connectivity index is 0.000000724. The van der Waals surface area contributed by atoms with E-state index in [1.165, 1.54) is 18.2 Å². The molecule has 170 valence electrons. The molecule has 0 aliphatic carbocycles. The third-order valence-electron chi connectivity index (χ3n) is 5.00. The van der Waals surface area contributed by atoms with Gasteiger partial charge in [0.15, 0.2) is 0 Å². The van der Waals surface area contributed by atoms with E-state index in [-0.39, 0.29) is 12.8 Å². The van der Waals surface area contributed by atoms with Crippen molar-refractivity contribution in [2.45, 2.75) is 33.6 Å². The van der Waals surface area contributed by atoms with Gasteiger partial charge >= 0.3 is 0 Å². The molecule has 1 aromatic heterocycles. The predicted octanol–water partition coefficient (Wildman–Crippen LogP) is 2.16. The maximum absolute atomic E-state index is 6.07. The lowest BCUT2D eigenvalue weighted by molar-refractivity contribution is 0.0930. The number of likely N-dealkylation sites (N-methyl/N-ethyl adjacent to an activating group) is 1. The second-order valence-electron chi connectivity index (χ2n) is 7.07. The van der Waals surface area contributed by atoms with E-state index < -0.39 is 0 Å². The summed E-state index contributed by atoms with van der Waals surface area (Å²) in [5, 5.41) is 6.38. The maximum atomic E-state index is 6.07. The van der Waals surface area contributed by atoms with Crippen molar-refractivity contribution in [3.63, 3.8) is 0 Å². The van der Waals surface area contributed by atoms with E-state index in [4.69, 9.17) is 11.5 Å². The molecule has 0 spiro atoms. The summed E-state index contributed by atoms with van der Waals surface area (Å²) >= 11 is 0. The van der Waals surface area contributed by atoms with Crippen LogP contribution in [0.5, 0.6) is 0 Å². The largest absolute Gasteiger partial charge is 0.398 e. The predicted molar refractivity (Wildman–Crippen MR) is 130 cm³/mol. The van der Waals surface area contributed by atoms with Gasteiger partial charge in [-0.1, -0.05) is 19.6 Å². The molecule has 8 heteroatoms. The average Bonchev–Trinajstić information content (AvgIpc) is 3.05. The molecule has 1 atom stereocenters. The van der Waals surface area contributed by atoms with Crippen LogP contribution >= 0.6 is 0 Å². The van der Waals surface area contributed by atoms with Crippen molar-refractivity contribution in [2.24, 2.45) is 5.73 Å². The second kappa shape index (κ2) is 13.0. The molecule has 0 radical (unpaired) electrons. The molecule has 30 heavy (non-hydrogen) atoms. The van der Waals surface area contributed by atoms with E-state index >= 15 is 0 Å². The Morgan fingerprint density at radius 3 is 2.27 bits per heavy atom. The molecule has 8 nitrogen and oxygen atoms in total. The van der Waals surface area contributed by atoms with Crippen molar-refractivity contribution in [3.8, 4) is 0 Å². The van der Waals surface area contributed by atoms with Crippen LogP contribution in [0.3, 0.4) is 0 Å². The molecular formula is C22H41N7O. The highest BCUT2D eigenvalue weighted by molar-refractivity contribution is 5.67. The number of nitrogens with one attached hydrogen (secondary N) is 3. The van der Waals surface area contributed by atoms with Crippen LogP contribution in [0.4, 0.5) is 17.2 Å². The zero-order valence-corrected chi connectivity index (χ0v) is 18.5. The number of benzene rings is 1. The summed E-state index contributed by atoms with van der Waals surface area (Å²) in [5.41, 5.74) is 25.7. The zero-order valence-electron chi connectivity index (χ0n) is 18.5. The van der Waals surface area contributed by atoms with Gasteiger partial charge in [-0.15, -0.1) is 0 Å². The second-order valence-corrected chi connectivity index (χ2v) is 7.07. The van der Waals surface area contributed by atoms with E-state index in [2.05, 4.69) is 64.6 Å². The van der Waals surface area contributed by atoms with E-state index in [0.717, 1.165) is 42.1 Å². The number of rotatable bonds is 5. The first-order valence-electron chi connectivity index (χ1n) is 9.68. The normalized spacial score (nSPS) is 16.1. The molecule has 0 bridgehead atoms. The third-order valence-corrected chi connectivity index (χ3v) is 5.00. The van der Waals surface area contributed by atoms with Crippen LogP contribution < -0.4 is 33.3 Å². The van der Waals surface area contributed by atoms with Crippen LogP contribution in [0.1, 0.15) is 36.6 Å². The lowest BCUT2D eigenvalue weighted by Crippen LogP contribution is -2.26. The first-order valence-corrected chi connectivity index (χ1v) is 9.68. The first kappa shape index (κ1) is 27.6. The number of aryl methyl sites for hydroxylation is 2. The fourth-order valence-corrected chi connectivity index (χ4v) is 3.27. The molecule has 2 aromatic rings. The molecule has 1 aliphatic rings. The number of fused-ring (bicyclic) bond motifs is 1. The highest BCUT2D eigenvalue weighted by Crippen LogP contribution is 2.42. The number of nitrogen functional groups attached to an aromatic ring is 2. The average molecular weight is 420 g/mol. The first-order chi connectivity index (χ1) is 13.8. The van der Waals surface area contributed by atoms with E-state index in [1.807, 2.05) is 19.3 Å². The molecule has 0 saturated heterocycles. The summed E-state index contributed by atoms with van der Waals surface area (Å²) in [7, 11) is 5.01. The molecule has 0 saturated carbocycles. The van der Waals surface area contributed by atoms with Crippen LogP contribution in [0.15, 0.2) is 24.4 Å². The molecule has 1 aromatic carbocycles. The highest BCUT2D eigenvalue weighted by atomic mass is 16.6. The quantitative estimate of drug-likeness (QED) is 0.246. The van der Waals surface area contributed by atoms with Gasteiger partial charge in [-0.25, -0.2) is 10.5 Å². The van der Waals surface area contributed by atoms with Crippen molar-refractivity contribution in [2.75, 3.05) is 57.6 Å². The van der Waals surface area contributed by atoms with Gasteiger partial charge in [0, 0.05) is 30.7 Å². The molecule has 2 heterocycles. The number of hydroxylamine groups is 1. The number of hydrogen-bond acceptors (Lipinski definition) is 8. The summed E-state index contributed by atoms with van der Waals surface area (Å²) in [6, 6.07) is 6.32. The zero-order chi connectivity index (χ0) is 22.0. The van der Waals surface area contributed by atoms with Gasteiger partial charge in [-0.3, -0.25) is 0 Å². The number of nitrogens with two attached hydrogens (primary N) is 3. The van der Waals surface area contributed by atoms with Gasteiger partial charge in [-0.2, -0.15) is 0 Å². The van der Waals surface area contributed by atoms with Crippen LogP contribution in [-0.2, 0) is 10.3 Å². The molecular weight excluding hydrogens is 378 g/mol. The number of nitrogens with zero attached hydrogens (tertiary/aromatic N) is 1. The topological polar surface area (TPSA) is 136 Å². The van der Waals surface area contributed by atoms with Crippen LogP contribution in [0, 0.1) is 13.8 Å². The highest BCUT2D eigenvalue weighted by Gasteiger charge is 2.36. The minimum atomic E-state index is -0.102. The standard InChI is InChI=1S/C16H20N4.C4H12N2O.CH5N.CH4/c1-9-4-11(5-10(2)15(9)18)16(3)8-20-13-7-19-14(17)6-12(13)16;1-5-3-4-6-7-2;1-2;/h4-7,20H,8,18H2,1-3H3,(H2,17,19);5-6H,3-4H2,1-2H3;2H2,1H3;1H4. The molecule has 0 fully saturated rings. The molecule has 1 unspecified atom stereocenters. The minimum absolute atomic E-state index is 0. The molecule has 1 aliphatic heterocycles. The van der Waals surface area contributed by atoms with E-state index in [1.54, 1.807) is 7.11 Å². The van der Waals surface area contributed by atoms with Crippen molar-refractivity contribution in [1.82, 2.24) is 15.8 Å². The van der Waals surface area contributed by atoms with Crippen molar-refractivity contribution >= 4 is 17.2 Å². The summed E-state index contributed by atoms with van der Waals surface area (Å²) in [6.07, 6.45) is 1.81. The van der Waals surface area contributed by atoms with Crippen molar-refractivity contribution in [1.29, 1.82) is 0 Å². The smallest absolute Gasteiger partial charge is 0.123 e. The third kappa shape index (κ3) is 6.56. The Morgan fingerprint density at radius 1 is 1.13 bits per heavy atom. The number of aromatic nitrogens is 1. The van der Waals surface area contributed by atoms with E-state index in [0.29, 0.717) is 5.82 Å². The van der Waals surface area contributed by atoms with Crippen LogP contribution in [0.2, 0.25) is 0 Å². The summed E-state index contributed by atoms with van der Waals surface area (Å²) in [5.74, 6) is 0.558. The number of pyridine rings is 1. The SMILES string of the molecule is C.CN.CNCCNOC.Cc1cc(C2(C)CNc3cnc(N)cc32)cc(C)c1N. The van der Waals surface area contributed by atoms with Crippen molar-refractivity contribution < 1.29 is 4.84 Å². The Morgan fingerprint density at radius 2 is 1.73 bits per heavy atom. The maximum Gasteiger partial charge on any atom is 0.123 e. The van der Waals surface area contributed by atoms with Gasteiger partial charge in [0.25, 0.3) is 0 Å². The van der Waals surface area contributed by atoms with Gasteiger partial charge in [0.1, 0.15) is 5.82 Å². The molecule has 9 N–H and O–H groups in total. The Bertz CT molecular complexity index is 755. The monoisotopic (exact) mass is 419 g/mol. The van der Waals surface area contributed by atoms with Gasteiger partial charge in [0.2, 0.25) is 0 Å². The fourth-order valence-electron chi connectivity index (χ4n) is 3.27. The lowest BCUT2D eigenvalue weighted by atomic mass is 9.77. The van der Waals surface area contributed by atoms with Crippen LogP contribution in [0.25, 0.3) is 0 Å². The molecule has 0 amide bonds. The minimum Gasteiger partial charge on any atom is -0.398 e. The lowest BCUT2D eigenvalue weighted by Gasteiger charge is -2.26. The van der Waals surface area contributed by atoms with Crippen LogP contribution in [-0.4, -0.2) is 45.8 Å². The van der Waals surface area contributed by atoms with Gasteiger partial charge in [0.05, 0.1) is 19.0 Å². The summed E-state index contributed by atoms with van der Waals surface area (Å²) < 4.78 is 0. The number of hydrogen-bond donors (Lipinski definition) is 6. The fraction of sp³-hybridized carbons (Fsp3) is 0.500.